The van der Waals surface area contributed by atoms with Crippen LogP contribution in [0.15, 0.2) is 72.8 Å². The molecule has 0 saturated heterocycles. The maximum absolute atomic E-state index is 12.7. The van der Waals surface area contributed by atoms with Gasteiger partial charge in [0.25, 0.3) is 5.91 Å². The third-order valence-corrected chi connectivity index (χ3v) is 5.84. The van der Waals surface area contributed by atoms with Crippen LogP contribution in [0.4, 0.5) is 11.4 Å². The Morgan fingerprint density at radius 2 is 1.88 bits per heavy atom. The lowest BCUT2D eigenvalue weighted by atomic mass is 10.1. The fraction of sp³-hybridized carbons (Fsp3) is 0.154. The van der Waals surface area contributed by atoms with Crippen molar-refractivity contribution in [3.8, 4) is 5.75 Å². The molecule has 0 radical (unpaired) electrons. The molecule has 0 fully saturated rings. The van der Waals surface area contributed by atoms with E-state index in [0.717, 1.165) is 12.0 Å². The van der Waals surface area contributed by atoms with E-state index in [4.69, 9.17) is 27.9 Å². The fourth-order valence-electron chi connectivity index (χ4n) is 3.59. The number of carbonyl (C=O) groups is 2. The average molecular weight is 481 g/mol. The molecule has 2 amide bonds. The number of halogens is 2. The second kappa shape index (κ2) is 10.1. The summed E-state index contributed by atoms with van der Waals surface area (Å²) in [6.07, 6.45) is 3.14. The minimum Gasteiger partial charge on any atom is -0.479 e. The first-order valence-corrected chi connectivity index (χ1v) is 11.3. The van der Waals surface area contributed by atoms with Crippen molar-refractivity contribution in [2.75, 3.05) is 16.8 Å². The summed E-state index contributed by atoms with van der Waals surface area (Å²) in [7, 11) is 0. The summed E-state index contributed by atoms with van der Waals surface area (Å²) in [6.45, 7) is 2.27. The van der Waals surface area contributed by atoms with E-state index in [1.165, 1.54) is 6.08 Å². The van der Waals surface area contributed by atoms with Gasteiger partial charge in [0, 0.05) is 34.4 Å². The Morgan fingerprint density at radius 3 is 2.64 bits per heavy atom. The van der Waals surface area contributed by atoms with Gasteiger partial charge in [0.15, 0.2) is 6.10 Å². The normalized spacial score (nSPS) is 15.3. The Balaban J connectivity index is 1.47. The van der Waals surface area contributed by atoms with Crippen molar-refractivity contribution >= 4 is 52.5 Å². The van der Waals surface area contributed by atoms with Gasteiger partial charge in [-0.1, -0.05) is 59.6 Å². The molecule has 33 heavy (non-hydrogen) atoms. The third kappa shape index (κ3) is 5.56. The van der Waals surface area contributed by atoms with Crippen molar-refractivity contribution in [1.82, 2.24) is 0 Å². The first kappa shape index (κ1) is 22.9. The monoisotopic (exact) mass is 480 g/mol. The molecular formula is C26H22Cl2N2O3. The first-order chi connectivity index (χ1) is 15.9. The molecule has 0 bridgehead atoms. The summed E-state index contributed by atoms with van der Waals surface area (Å²) in [5.74, 6) is 0.150. The van der Waals surface area contributed by atoms with Crippen LogP contribution in [0.5, 0.6) is 5.75 Å². The van der Waals surface area contributed by atoms with Crippen LogP contribution in [0, 0.1) is 0 Å². The van der Waals surface area contributed by atoms with Gasteiger partial charge >= 0.3 is 0 Å². The highest BCUT2D eigenvalue weighted by Crippen LogP contribution is 2.36. The van der Waals surface area contributed by atoms with E-state index in [9.17, 15) is 9.59 Å². The smallest absolute Gasteiger partial charge is 0.267 e. The number of fused-ring (bicyclic) bond motifs is 1. The summed E-state index contributed by atoms with van der Waals surface area (Å²) in [4.78, 5) is 26.9. The predicted molar refractivity (Wildman–Crippen MR) is 133 cm³/mol. The largest absolute Gasteiger partial charge is 0.479 e. The number of hydrogen-bond donors (Lipinski definition) is 1. The molecule has 0 aliphatic carbocycles. The van der Waals surface area contributed by atoms with Gasteiger partial charge in [0.05, 0.1) is 5.69 Å². The number of hydrogen-bond acceptors (Lipinski definition) is 3. The zero-order chi connectivity index (χ0) is 23.4. The van der Waals surface area contributed by atoms with Crippen molar-refractivity contribution in [2.45, 2.75) is 19.4 Å². The summed E-state index contributed by atoms with van der Waals surface area (Å²) in [6, 6.07) is 20.4. The molecule has 5 nitrogen and oxygen atoms in total. The van der Waals surface area contributed by atoms with E-state index in [1.807, 2.05) is 30.3 Å². The van der Waals surface area contributed by atoms with Gasteiger partial charge in [-0.15, -0.1) is 0 Å². The Hall–Kier alpha value is -3.28. The van der Waals surface area contributed by atoms with Crippen molar-refractivity contribution < 1.29 is 14.3 Å². The molecule has 168 valence electrons. The molecule has 1 unspecified atom stereocenters. The van der Waals surface area contributed by atoms with Crippen molar-refractivity contribution in [3.05, 3.63) is 94.0 Å². The number of anilines is 2. The van der Waals surface area contributed by atoms with E-state index in [0.29, 0.717) is 39.3 Å². The maximum Gasteiger partial charge on any atom is 0.267 e. The molecule has 1 heterocycles. The fourth-order valence-corrected chi connectivity index (χ4v) is 4.06. The van der Waals surface area contributed by atoms with Gasteiger partial charge in [-0.05, 0) is 54.8 Å². The lowest BCUT2D eigenvalue weighted by molar-refractivity contribution is -0.125. The van der Waals surface area contributed by atoms with Crippen molar-refractivity contribution in [2.24, 2.45) is 0 Å². The first-order valence-electron chi connectivity index (χ1n) is 10.5. The number of nitrogens with zero attached hydrogens (tertiary/aromatic N) is 1. The molecule has 1 aliphatic rings. The van der Waals surface area contributed by atoms with Crippen LogP contribution in [0.2, 0.25) is 10.0 Å². The standard InChI is InChI=1S/C26H22Cl2N2O3/c1-17-26(32)30(14-13-18-5-3-2-4-6-18)23-11-10-21(16-24(23)33-17)29-25(31)12-8-19-7-9-20(27)15-22(19)28/h2-12,15-17H,13-14H2,1H3,(H,29,31)/b12-8+. The lowest BCUT2D eigenvalue weighted by Gasteiger charge is -2.33. The SMILES string of the molecule is CC1Oc2cc(NC(=O)/C=C/c3ccc(Cl)cc3Cl)ccc2N(CCc2ccccc2)C1=O. The molecule has 3 aromatic rings. The molecule has 4 rings (SSSR count). The van der Waals surface area contributed by atoms with Crippen LogP contribution in [-0.2, 0) is 16.0 Å². The van der Waals surface area contributed by atoms with Crippen LogP contribution in [0.1, 0.15) is 18.1 Å². The molecule has 0 saturated carbocycles. The van der Waals surface area contributed by atoms with Crippen LogP contribution in [-0.4, -0.2) is 24.5 Å². The molecule has 7 heteroatoms. The molecule has 1 N–H and O–H groups in total. The second-order valence-corrected chi connectivity index (χ2v) is 8.50. The Labute approximate surface area is 202 Å². The van der Waals surface area contributed by atoms with Gasteiger partial charge in [0.2, 0.25) is 5.91 Å². The van der Waals surface area contributed by atoms with Crippen LogP contribution >= 0.6 is 23.2 Å². The topological polar surface area (TPSA) is 58.6 Å². The van der Waals surface area contributed by atoms with E-state index < -0.39 is 6.10 Å². The Morgan fingerprint density at radius 1 is 1.09 bits per heavy atom. The molecule has 3 aromatic carbocycles. The minimum atomic E-state index is -0.605. The highest BCUT2D eigenvalue weighted by atomic mass is 35.5. The van der Waals surface area contributed by atoms with Gasteiger partial charge in [0.1, 0.15) is 5.75 Å². The molecule has 1 aliphatic heterocycles. The highest BCUT2D eigenvalue weighted by Gasteiger charge is 2.31. The highest BCUT2D eigenvalue weighted by molar-refractivity contribution is 6.35. The summed E-state index contributed by atoms with van der Waals surface area (Å²) >= 11 is 12.0. The summed E-state index contributed by atoms with van der Waals surface area (Å²) in [5.41, 5.74) is 3.10. The van der Waals surface area contributed by atoms with Crippen LogP contribution < -0.4 is 15.0 Å². The quantitative estimate of drug-likeness (QED) is 0.440. The number of nitrogens with one attached hydrogen (secondary N) is 1. The molecule has 1 atom stereocenters. The van der Waals surface area contributed by atoms with Gasteiger partial charge in [-0.3, -0.25) is 9.59 Å². The molecular weight excluding hydrogens is 459 g/mol. The van der Waals surface area contributed by atoms with E-state index >= 15 is 0 Å². The number of amides is 2. The zero-order valence-corrected chi connectivity index (χ0v) is 19.4. The number of benzene rings is 3. The Bertz CT molecular complexity index is 1210. The summed E-state index contributed by atoms with van der Waals surface area (Å²) < 4.78 is 5.81. The zero-order valence-electron chi connectivity index (χ0n) is 17.9. The van der Waals surface area contributed by atoms with Crippen molar-refractivity contribution in [1.29, 1.82) is 0 Å². The van der Waals surface area contributed by atoms with Crippen LogP contribution in [0.3, 0.4) is 0 Å². The molecule has 0 spiro atoms. The number of ether oxygens (including phenoxy) is 1. The van der Waals surface area contributed by atoms with Gasteiger partial charge in [-0.25, -0.2) is 0 Å². The van der Waals surface area contributed by atoms with E-state index in [-0.39, 0.29) is 11.8 Å². The summed E-state index contributed by atoms with van der Waals surface area (Å²) in [5, 5.41) is 3.80. The predicted octanol–water partition coefficient (Wildman–Crippen LogP) is 6.00. The second-order valence-electron chi connectivity index (χ2n) is 7.66. The van der Waals surface area contributed by atoms with Gasteiger partial charge in [-0.2, -0.15) is 0 Å². The molecule has 0 aromatic heterocycles. The van der Waals surface area contributed by atoms with E-state index in [1.54, 1.807) is 54.3 Å². The minimum absolute atomic E-state index is 0.0852. The number of rotatable bonds is 6. The number of carbonyl (C=O) groups excluding carboxylic acids is 2. The van der Waals surface area contributed by atoms with Crippen LogP contribution in [0.25, 0.3) is 6.08 Å². The van der Waals surface area contributed by atoms with Crippen molar-refractivity contribution in [3.63, 3.8) is 0 Å². The van der Waals surface area contributed by atoms with Gasteiger partial charge < -0.3 is 15.0 Å². The Kier molecular flexibility index (Phi) is 7.02. The average Bonchev–Trinajstić information content (AvgIpc) is 2.79. The maximum atomic E-state index is 12.7. The lowest BCUT2D eigenvalue weighted by Crippen LogP contribution is -2.45. The van der Waals surface area contributed by atoms with E-state index in [2.05, 4.69) is 5.32 Å². The third-order valence-electron chi connectivity index (χ3n) is 5.28.